The molecule has 1 aliphatic rings. The van der Waals surface area contributed by atoms with E-state index < -0.39 is 7.26 Å². The highest BCUT2D eigenvalue weighted by atomic mass is 35.5. The summed E-state index contributed by atoms with van der Waals surface area (Å²) in [5.74, 6) is 0. The van der Waals surface area contributed by atoms with Crippen LogP contribution in [0.4, 0.5) is 0 Å². The number of rotatable bonds is 8. The molecular weight excluding hydrogens is 659 g/mol. The molecule has 0 bridgehead atoms. The Kier molecular flexibility index (Phi) is 19.7. The number of aryl methyl sites for hydroxylation is 4. The van der Waals surface area contributed by atoms with Crippen LogP contribution in [0.25, 0.3) is 6.08 Å². The lowest BCUT2D eigenvalue weighted by molar-refractivity contribution is -0.0000175. The second-order valence-electron chi connectivity index (χ2n) is 11.8. The Labute approximate surface area is 307 Å². The van der Waals surface area contributed by atoms with Gasteiger partial charge in [0, 0.05) is 25.9 Å². The first kappa shape index (κ1) is 42.1. The van der Waals surface area contributed by atoms with Gasteiger partial charge in [0.25, 0.3) is 0 Å². The predicted molar refractivity (Wildman–Crippen MR) is 210 cm³/mol. The van der Waals surface area contributed by atoms with E-state index in [0.717, 1.165) is 36.2 Å². The van der Waals surface area contributed by atoms with Crippen LogP contribution in [0.1, 0.15) is 51.0 Å². The molecule has 0 spiro atoms. The lowest BCUT2D eigenvalue weighted by Gasteiger charge is -2.26. The molecule has 264 valence electrons. The standard InChI is InChI=1S/C20H20OP.C11H14O.C9H10O.C4H8O.ClH/c1-21-17-22(18-11-5-2-6-12-18,19-13-7-3-8-14-19)20-15-9-4-10-16-20;1-9-5-4-6-10(2)11(9)7-8-12-3;1-7-4-3-5-8(2)9(7)6-10;1-2-4-5-3-1;/h2-16H,17H2,1H3;4-8H,1-3H3;3-6H,1-2H3;1-4H2;1H/q+1;;;;/p-1/b;8-7+;;;. The Balaban J connectivity index is 0.000000261. The van der Waals surface area contributed by atoms with Crippen LogP contribution in [-0.2, 0) is 14.2 Å². The summed E-state index contributed by atoms with van der Waals surface area (Å²) in [5, 5.41) is 4.07. The summed E-state index contributed by atoms with van der Waals surface area (Å²) < 4.78 is 15.5. The maximum absolute atomic E-state index is 10.4. The zero-order valence-corrected chi connectivity index (χ0v) is 32.0. The van der Waals surface area contributed by atoms with Crippen molar-refractivity contribution in [3.8, 4) is 0 Å². The van der Waals surface area contributed by atoms with Gasteiger partial charge in [-0.15, -0.1) is 0 Å². The van der Waals surface area contributed by atoms with Gasteiger partial charge < -0.3 is 26.6 Å². The highest BCUT2D eigenvalue weighted by molar-refractivity contribution is 7.95. The van der Waals surface area contributed by atoms with E-state index in [1.165, 1.54) is 45.4 Å². The Morgan fingerprint density at radius 2 is 0.960 bits per heavy atom. The van der Waals surface area contributed by atoms with Crippen LogP contribution >= 0.6 is 7.26 Å². The topological polar surface area (TPSA) is 44.8 Å². The maximum atomic E-state index is 10.4. The van der Waals surface area contributed by atoms with Gasteiger partial charge in [-0.3, -0.25) is 4.79 Å². The largest absolute Gasteiger partial charge is 1.00 e. The summed E-state index contributed by atoms with van der Waals surface area (Å²) in [6, 6.07) is 44.4. The molecule has 1 saturated heterocycles. The minimum Gasteiger partial charge on any atom is -1.00 e. The van der Waals surface area contributed by atoms with Gasteiger partial charge in [0.2, 0.25) is 0 Å². The minimum absolute atomic E-state index is 0. The van der Waals surface area contributed by atoms with Crippen molar-refractivity contribution in [2.75, 3.05) is 33.8 Å². The second-order valence-corrected chi connectivity index (χ2v) is 15.2. The van der Waals surface area contributed by atoms with E-state index >= 15 is 0 Å². The molecule has 1 heterocycles. The van der Waals surface area contributed by atoms with E-state index in [9.17, 15) is 4.79 Å². The van der Waals surface area contributed by atoms with Gasteiger partial charge in [-0.1, -0.05) is 91.0 Å². The summed E-state index contributed by atoms with van der Waals surface area (Å²) in [7, 11) is 1.68. The summed E-state index contributed by atoms with van der Waals surface area (Å²) in [4.78, 5) is 10.4. The van der Waals surface area contributed by atoms with Crippen LogP contribution in [0, 0.1) is 27.7 Å². The zero-order chi connectivity index (χ0) is 35.3. The predicted octanol–water partition coefficient (Wildman–Crippen LogP) is 6.42. The number of ether oxygens (including phenoxy) is 3. The number of carbonyl (C=O) groups excluding carboxylic acids is 1. The highest BCUT2D eigenvalue weighted by Crippen LogP contribution is 2.55. The van der Waals surface area contributed by atoms with E-state index in [2.05, 4.69) is 123 Å². The molecule has 5 aromatic rings. The molecule has 4 nitrogen and oxygen atoms in total. The Bertz CT molecular complexity index is 1540. The number of carbonyl (C=O) groups is 1. The number of aldehydes is 1. The van der Waals surface area contributed by atoms with E-state index in [4.69, 9.17) is 14.2 Å². The molecule has 0 atom stereocenters. The van der Waals surface area contributed by atoms with Crippen molar-refractivity contribution in [3.63, 3.8) is 0 Å². The van der Waals surface area contributed by atoms with Crippen molar-refractivity contribution >= 4 is 35.5 Å². The number of benzene rings is 5. The summed E-state index contributed by atoms with van der Waals surface area (Å²) >= 11 is 0. The Morgan fingerprint density at radius 3 is 1.24 bits per heavy atom. The van der Waals surface area contributed by atoms with Gasteiger partial charge in [-0.25, -0.2) is 0 Å². The van der Waals surface area contributed by atoms with E-state index in [-0.39, 0.29) is 12.4 Å². The van der Waals surface area contributed by atoms with Crippen molar-refractivity contribution in [3.05, 3.63) is 167 Å². The molecule has 6 rings (SSSR count). The average Bonchev–Trinajstić information content (AvgIpc) is 3.73. The Hall–Kier alpha value is -4.05. The molecule has 0 aromatic heterocycles. The normalized spacial score (nSPS) is 11.8. The van der Waals surface area contributed by atoms with E-state index in [1.807, 2.05) is 38.1 Å². The molecule has 0 aliphatic carbocycles. The van der Waals surface area contributed by atoms with Gasteiger partial charge in [0.15, 0.2) is 12.6 Å². The minimum atomic E-state index is -1.78. The quantitative estimate of drug-likeness (QED) is 0.106. The van der Waals surface area contributed by atoms with Crippen LogP contribution < -0.4 is 28.3 Å². The van der Waals surface area contributed by atoms with Crippen LogP contribution in [0.2, 0.25) is 0 Å². The average molecular weight is 711 g/mol. The third-order valence-corrected chi connectivity index (χ3v) is 12.5. The molecule has 5 aromatic carbocycles. The molecule has 0 N–H and O–H groups in total. The van der Waals surface area contributed by atoms with E-state index in [0.29, 0.717) is 6.35 Å². The fourth-order valence-electron chi connectivity index (χ4n) is 5.66. The molecule has 0 unspecified atom stereocenters. The zero-order valence-electron chi connectivity index (χ0n) is 30.4. The van der Waals surface area contributed by atoms with Crippen LogP contribution in [-0.4, -0.2) is 40.1 Å². The molecule has 1 aliphatic heterocycles. The van der Waals surface area contributed by atoms with Crippen molar-refractivity contribution in [1.82, 2.24) is 0 Å². The first-order valence-electron chi connectivity index (χ1n) is 16.8. The molecule has 0 amide bonds. The third kappa shape index (κ3) is 12.4. The number of hydrogen-bond acceptors (Lipinski definition) is 4. The van der Waals surface area contributed by atoms with E-state index in [1.54, 1.807) is 20.5 Å². The summed E-state index contributed by atoms with van der Waals surface area (Å²) in [6.07, 6.45) is 7.87. The number of hydrogen-bond donors (Lipinski definition) is 0. The smallest absolute Gasteiger partial charge is 0.170 e. The maximum Gasteiger partial charge on any atom is 0.170 e. The highest BCUT2D eigenvalue weighted by Gasteiger charge is 2.45. The molecular formula is C44H52ClO4P. The van der Waals surface area contributed by atoms with Gasteiger partial charge in [0.05, 0.1) is 13.4 Å². The molecule has 1 fully saturated rings. The summed E-state index contributed by atoms with van der Waals surface area (Å²) in [6.45, 7) is 10.1. The number of halogens is 1. The SMILES string of the molecule is C1CCOC1.CO/C=C/c1c(C)cccc1C.COC[P+](c1ccccc1)(c1ccccc1)c1ccccc1.Cc1cccc(C)c1C=O.[Cl-]. The number of methoxy groups -OCH3 is 2. The molecule has 0 saturated carbocycles. The van der Waals surface area contributed by atoms with Crippen LogP contribution in [0.15, 0.2) is 134 Å². The fraction of sp³-hybridized carbons (Fsp3) is 0.250. The molecule has 0 radical (unpaired) electrons. The lowest BCUT2D eigenvalue weighted by Crippen LogP contribution is -3.00. The first-order chi connectivity index (χ1) is 23.9. The lowest BCUT2D eigenvalue weighted by atomic mass is 10.0. The molecule has 6 heteroatoms. The monoisotopic (exact) mass is 710 g/mol. The van der Waals surface area contributed by atoms with Gasteiger partial charge >= 0.3 is 0 Å². The van der Waals surface area contributed by atoms with Gasteiger partial charge in [0.1, 0.15) is 23.2 Å². The summed E-state index contributed by atoms with van der Waals surface area (Å²) in [5.41, 5.74) is 6.73. The second kappa shape index (κ2) is 23.4. The third-order valence-electron chi connectivity index (χ3n) is 8.31. The van der Waals surface area contributed by atoms with Crippen molar-refractivity contribution < 1.29 is 31.4 Å². The van der Waals surface area contributed by atoms with Crippen molar-refractivity contribution in [2.45, 2.75) is 40.5 Å². The Morgan fingerprint density at radius 1 is 0.580 bits per heavy atom. The van der Waals surface area contributed by atoms with Gasteiger partial charge in [-0.05, 0) is 111 Å². The van der Waals surface area contributed by atoms with Crippen LogP contribution in [0.5, 0.6) is 0 Å². The fourth-order valence-corrected chi connectivity index (χ4v) is 9.43. The van der Waals surface area contributed by atoms with Crippen molar-refractivity contribution in [1.29, 1.82) is 0 Å². The first-order valence-corrected chi connectivity index (χ1v) is 18.7. The van der Waals surface area contributed by atoms with Crippen molar-refractivity contribution in [2.24, 2.45) is 0 Å². The molecule has 50 heavy (non-hydrogen) atoms. The van der Waals surface area contributed by atoms with Crippen LogP contribution in [0.3, 0.4) is 0 Å². The van der Waals surface area contributed by atoms with Gasteiger partial charge in [-0.2, -0.15) is 0 Å².